The van der Waals surface area contributed by atoms with Gasteiger partial charge in [-0.2, -0.15) is 5.26 Å². The van der Waals surface area contributed by atoms with Crippen LogP contribution in [0.15, 0.2) is 24.3 Å². The van der Waals surface area contributed by atoms with E-state index in [2.05, 4.69) is 17.9 Å². The molecule has 1 aromatic carbocycles. The van der Waals surface area contributed by atoms with Crippen molar-refractivity contribution >= 4 is 11.6 Å². The van der Waals surface area contributed by atoms with Crippen molar-refractivity contribution < 1.29 is 0 Å². The Kier molecular flexibility index (Phi) is 4.04. The van der Waals surface area contributed by atoms with Gasteiger partial charge in [-0.1, -0.05) is 30.7 Å². The molecule has 0 bridgehead atoms. The van der Waals surface area contributed by atoms with Crippen molar-refractivity contribution in [3.8, 4) is 6.07 Å². The summed E-state index contributed by atoms with van der Waals surface area (Å²) >= 11 is 5.87. The molecule has 2 nitrogen and oxygen atoms in total. The van der Waals surface area contributed by atoms with E-state index in [1.165, 1.54) is 12.8 Å². The number of hydrogen-bond acceptors (Lipinski definition) is 2. The molecule has 0 spiro atoms. The van der Waals surface area contributed by atoms with Gasteiger partial charge in [0.1, 0.15) is 6.04 Å². The van der Waals surface area contributed by atoms with Gasteiger partial charge in [0.05, 0.1) is 6.07 Å². The topological polar surface area (TPSA) is 27.0 Å². The minimum absolute atomic E-state index is 0.130. The van der Waals surface area contributed by atoms with Crippen LogP contribution in [0.5, 0.6) is 0 Å². The van der Waals surface area contributed by atoms with Crippen molar-refractivity contribution in [2.45, 2.75) is 25.8 Å². The van der Waals surface area contributed by atoms with Crippen molar-refractivity contribution in [1.29, 1.82) is 5.26 Å². The third-order valence-corrected chi connectivity index (χ3v) is 3.61. The van der Waals surface area contributed by atoms with Gasteiger partial charge in [0.15, 0.2) is 0 Å². The van der Waals surface area contributed by atoms with Crippen molar-refractivity contribution in [3.05, 3.63) is 34.9 Å². The van der Waals surface area contributed by atoms with Crippen LogP contribution < -0.4 is 0 Å². The van der Waals surface area contributed by atoms with E-state index in [-0.39, 0.29) is 6.04 Å². The zero-order chi connectivity index (χ0) is 12.3. The lowest BCUT2D eigenvalue weighted by molar-refractivity contribution is 0.156. The molecule has 1 saturated heterocycles. The first-order chi connectivity index (χ1) is 8.20. The van der Waals surface area contributed by atoms with E-state index >= 15 is 0 Å². The van der Waals surface area contributed by atoms with Crippen LogP contribution in [-0.4, -0.2) is 18.0 Å². The van der Waals surface area contributed by atoms with E-state index in [9.17, 15) is 5.26 Å². The quantitative estimate of drug-likeness (QED) is 0.799. The van der Waals surface area contributed by atoms with Crippen molar-refractivity contribution in [2.75, 3.05) is 13.1 Å². The average molecular weight is 249 g/mol. The molecule has 3 heteroatoms. The smallest absolute Gasteiger partial charge is 0.123 e. The van der Waals surface area contributed by atoms with E-state index in [4.69, 9.17) is 11.6 Å². The second-order valence-corrected chi connectivity index (χ2v) is 5.26. The predicted molar refractivity (Wildman–Crippen MR) is 69.8 cm³/mol. The number of benzene rings is 1. The number of hydrogen-bond donors (Lipinski definition) is 0. The fourth-order valence-corrected chi connectivity index (χ4v) is 2.60. The maximum Gasteiger partial charge on any atom is 0.123 e. The first-order valence-electron chi connectivity index (χ1n) is 6.10. The van der Waals surface area contributed by atoms with E-state index in [0.717, 1.165) is 23.7 Å². The SMILES string of the molecule is CC1CCCN(C(C#N)c2ccc(Cl)cc2)C1. The van der Waals surface area contributed by atoms with Crippen molar-refractivity contribution in [3.63, 3.8) is 0 Å². The summed E-state index contributed by atoms with van der Waals surface area (Å²) in [5, 5.41) is 10.1. The number of nitrogens with zero attached hydrogens (tertiary/aromatic N) is 2. The van der Waals surface area contributed by atoms with Gasteiger partial charge in [-0.25, -0.2) is 0 Å². The van der Waals surface area contributed by atoms with Crippen LogP contribution in [0.25, 0.3) is 0 Å². The summed E-state index contributed by atoms with van der Waals surface area (Å²) in [4.78, 5) is 2.28. The Labute approximate surface area is 108 Å². The summed E-state index contributed by atoms with van der Waals surface area (Å²) in [6, 6.07) is 9.90. The van der Waals surface area contributed by atoms with Crippen LogP contribution >= 0.6 is 11.6 Å². The molecular formula is C14H17ClN2. The monoisotopic (exact) mass is 248 g/mol. The molecule has 0 amide bonds. The Morgan fingerprint density at radius 3 is 2.71 bits per heavy atom. The molecule has 0 N–H and O–H groups in total. The fraction of sp³-hybridized carbons (Fsp3) is 0.500. The summed E-state index contributed by atoms with van der Waals surface area (Å²) in [7, 11) is 0. The molecule has 0 radical (unpaired) electrons. The first-order valence-corrected chi connectivity index (χ1v) is 6.47. The van der Waals surface area contributed by atoms with E-state index in [0.29, 0.717) is 5.92 Å². The molecule has 17 heavy (non-hydrogen) atoms. The van der Waals surface area contributed by atoms with Crippen molar-refractivity contribution in [2.24, 2.45) is 5.92 Å². The Morgan fingerprint density at radius 1 is 1.41 bits per heavy atom. The highest BCUT2D eigenvalue weighted by molar-refractivity contribution is 6.30. The van der Waals surface area contributed by atoms with Gasteiger partial charge in [0.25, 0.3) is 0 Å². The van der Waals surface area contributed by atoms with E-state index < -0.39 is 0 Å². The second-order valence-electron chi connectivity index (χ2n) is 4.83. The lowest BCUT2D eigenvalue weighted by Gasteiger charge is -2.34. The molecule has 90 valence electrons. The Bertz CT molecular complexity index is 407. The second kappa shape index (κ2) is 5.53. The maximum absolute atomic E-state index is 9.36. The summed E-state index contributed by atoms with van der Waals surface area (Å²) in [6.07, 6.45) is 2.46. The fourth-order valence-electron chi connectivity index (χ4n) is 2.47. The molecule has 0 aliphatic carbocycles. The summed E-state index contributed by atoms with van der Waals surface area (Å²) < 4.78 is 0. The first kappa shape index (κ1) is 12.4. The normalized spacial score (nSPS) is 23.0. The third-order valence-electron chi connectivity index (χ3n) is 3.36. The number of nitriles is 1. The van der Waals surface area contributed by atoms with Gasteiger partial charge in [-0.3, -0.25) is 4.90 Å². The highest BCUT2D eigenvalue weighted by Crippen LogP contribution is 2.27. The Hall–Kier alpha value is -1.04. The summed E-state index contributed by atoms with van der Waals surface area (Å²) in [6.45, 7) is 4.29. The lowest BCUT2D eigenvalue weighted by atomic mass is 9.97. The molecule has 1 heterocycles. The van der Waals surface area contributed by atoms with Crippen LogP contribution in [0.1, 0.15) is 31.4 Å². The molecule has 0 aromatic heterocycles. The highest BCUT2D eigenvalue weighted by atomic mass is 35.5. The van der Waals surface area contributed by atoms with Crippen LogP contribution in [0, 0.1) is 17.2 Å². The standard InChI is InChI=1S/C14H17ClN2/c1-11-3-2-8-17(10-11)14(9-16)12-4-6-13(15)7-5-12/h4-7,11,14H,2-3,8,10H2,1H3. The van der Waals surface area contributed by atoms with Gasteiger partial charge in [-0.15, -0.1) is 0 Å². The lowest BCUT2D eigenvalue weighted by Crippen LogP contribution is -2.36. The van der Waals surface area contributed by atoms with Gasteiger partial charge in [-0.05, 0) is 43.0 Å². The van der Waals surface area contributed by atoms with Gasteiger partial charge < -0.3 is 0 Å². The van der Waals surface area contributed by atoms with Crippen molar-refractivity contribution in [1.82, 2.24) is 4.90 Å². The molecule has 2 unspecified atom stereocenters. The molecule has 0 saturated carbocycles. The van der Waals surface area contributed by atoms with E-state index in [1.54, 1.807) is 0 Å². The number of rotatable bonds is 2. The summed E-state index contributed by atoms with van der Waals surface area (Å²) in [5.74, 6) is 0.687. The molecular weight excluding hydrogens is 232 g/mol. The number of likely N-dealkylation sites (tertiary alicyclic amines) is 1. The molecule has 1 fully saturated rings. The third kappa shape index (κ3) is 3.00. The van der Waals surface area contributed by atoms with Crippen LogP contribution in [-0.2, 0) is 0 Å². The number of piperidine rings is 1. The predicted octanol–water partition coefficient (Wildman–Crippen LogP) is 3.64. The van der Waals surface area contributed by atoms with Crippen LogP contribution in [0.3, 0.4) is 0 Å². The minimum Gasteiger partial charge on any atom is -0.284 e. The molecule has 1 aromatic rings. The largest absolute Gasteiger partial charge is 0.284 e. The van der Waals surface area contributed by atoms with Crippen LogP contribution in [0.4, 0.5) is 0 Å². The highest BCUT2D eigenvalue weighted by Gasteiger charge is 2.24. The average Bonchev–Trinajstić information content (AvgIpc) is 2.33. The van der Waals surface area contributed by atoms with E-state index in [1.807, 2.05) is 24.3 Å². The number of halogens is 1. The van der Waals surface area contributed by atoms with Gasteiger partial charge in [0, 0.05) is 11.6 Å². The molecule has 1 aliphatic heterocycles. The van der Waals surface area contributed by atoms with Crippen LogP contribution in [0.2, 0.25) is 5.02 Å². The zero-order valence-corrected chi connectivity index (χ0v) is 10.8. The van der Waals surface area contributed by atoms with Gasteiger partial charge >= 0.3 is 0 Å². The molecule has 2 rings (SSSR count). The minimum atomic E-state index is -0.130. The molecule has 2 atom stereocenters. The molecule has 1 aliphatic rings. The zero-order valence-electron chi connectivity index (χ0n) is 10.1. The summed E-state index contributed by atoms with van der Waals surface area (Å²) in [5.41, 5.74) is 1.05. The van der Waals surface area contributed by atoms with Gasteiger partial charge in [0.2, 0.25) is 0 Å². The Morgan fingerprint density at radius 2 is 2.12 bits per heavy atom. The Balaban J connectivity index is 2.16. The maximum atomic E-state index is 9.36.